The fourth-order valence-electron chi connectivity index (χ4n) is 2.84. The van der Waals surface area contributed by atoms with E-state index in [0.717, 1.165) is 23.6 Å². The molecule has 0 radical (unpaired) electrons. The molecule has 0 amide bonds. The van der Waals surface area contributed by atoms with Crippen molar-refractivity contribution in [2.75, 3.05) is 12.4 Å². The van der Waals surface area contributed by atoms with Gasteiger partial charge in [-0.15, -0.1) is 0 Å². The van der Waals surface area contributed by atoms with E-state index >= 15 is 0 Å². The van der Waals surface area contributed by atoms with E-state index in [9.17, 15) is 5.26 Å². The fourth-order valence-corrected chi connectivity index (χ4v) is 3.03. The molecule has 4 heteroatoms. The van der Waals surface area contributed by atoms with Crippen molar-refractivity contribution in [3.63, 3.8) is 0 Å². The van der Waals surface area contributed by atoms with Crippen molar-refractivity contribution < 1.29 is 4.74 Å². The van der Waals surface area contributed by atoms with E-state index in [1.54, 1.807) is 13.2 Å². The summed E-state index contributed by atoms with van der Waals surface area (Å²) in [6.07, 6.45) is 1.83. The van der Waals surface area contributed by atoms with Crippen LogP contribution in [0.2, 0.25) is 5.02 Å². The minimum Gasteiger partial charge on any atom is -0.495 e. The van der Waals surface area contributed by atoms with Gasteiger partial charge in [0.2, 0.25) is 0 Å². The number of hydrogen-bond acceptors (Lipinski definition) is 3. The summed E-state index contributed by atoms with van der Waals surface area (Å²) in [6, 6.07) is 14.0. The number of rotatable bonds is 3. The Kier molecular flexibility index (Phi) is 3.72. The molecule has 3 nitrogen and oxygen atoms in total. The first-order valence-corrected chi connectivity index (χ1v) is 7.20. The number of nitriles is 1. The molecule has 1 N–H and O–H groups in total. The van der Waals surface area contributed by atoms with Crippen molar-refractivity contribution in [1.82, 2.24) is 0 Å². The number of fused-ring (bicyclic) bond motifs is 1. The Bertz CT molecular complexity index is 721. The standard InChI is InChI=1S/C17H15ClN2O/c1-21-16-4-2-3-12(10-19)17(16)20-15-8-11-5-6-14(18)7-13(11)9-15/h2-7,15,20H,8-9H2,1H3. The highest BCUT2D eigenvalue weighted by atomic mass is 35.5. The molecule has 1 unspecified atom stereocenters. The lowest BCUT2D eigenvalue weighted by molar-refractivity contribution is 0.416. The van der Waals surface area contributed by atoms with Crippen molar-refractivity contribution >= 4 is 17.3 Å². The van der Waals surface area contributed by atoms with Crippen LogP contribution in [-0.2, 0) is 12.8 Å². The molecule has 1 atom stereocenters. The van der Waals surface area contributed by atoms with Crippen LogP contribution in [0.25, 0.3) is 0 Å². The lowest BCUT2D eigenvalue weighted by Gasteiger charge is -2.17. The molecular weight excluding hydrogens is 284 g/mol. The summed E-state index contributed by atoms with van der Waals surface area (Å²) in [5, 5.41) is 13.5. The maximum absolute atomic E-state index is 9.26. The molecule has 1 aliphatic carbocycles. The highest BCUT2D eigenvalue weighted by Gasteiger charge is 2.23. The van der Waals surface area contributed by atoms with Gasteiger partial charge in [-0.25, -0.2) is 0 Å². The summed E-state index contributed by atoms with van der Waals surface area (Å²) >= 11 is 6.04. The van der Waals surface area contributed by atoms with Gasteiger partial charge in [-0.1, -0.05) is 23.7 Å². The molecule has 0 bridgehead atoms. The minimum atomic E-state index is 0.252. The summed E-state index contributed by atoms with van der Waals surface area (Å²) in [5.41, 5.74) is 3.95. The fraction of sp³-hybridized carbons (Fsp3) is 0.235. The smallest absolute Gasteiger partial charge is 0.143 e. The van der Waals surface area contributed by atoms with Gasteiger partial charge in [0.15, 0.2) is 0 Å². The van der Waals surface area contributed by atoms with E-state index in [-0.39, 0.29) is 6.04 Å². The van der Waals surface area contributed by atoms with Crippen LogP contribution in [0.3, 0.4) is 0 Å². The highest BCUT2D eigenvalue weighted by Crippen LogP contribution is 2.32. The van der Waals surface area contributed by atoms with Gasteiger partial charge in [0.05, 0.1) is 18.4 Å². The number of nitrogens with zero attached hydrogens (tertiary/aromatic N) is 1. The van der Waals surface area contributed by atoms with Gasteiger partial charge in [-0.05, 0) is 48.2 Å². The van der Waals surface area contributed by atoms with Crippen LogP contribution in [0.1, 0.15) is 16.7 Å². The second-order valence-corrected chi connectivity index (χ2v) is 5.59. The van der Waals surface area contributed by atoms with Crippen LogP contribution in [-0.4, -0.2) is 13.2 Å². The molecule has 0 saturated carbocycles. The number of nitrogens with one attached hydrogen (secondary N) is 1. The Morgan fingerprint density at radius 3 is 2.81 bits per heavy atom. The zero-order chi connectivity index (χ0) is 14.8. The lowest BCUT2D eigenvalue weighted by Crippen LogP contribution is -2.20. The molecule has 2 aromatic carbocycles. The van der Waals surface area contributed by atoms with Crippen LogP contribution in [0.4, 0.5) is 5.69 Å². The third-order valence-electron chi connectivity index (χ3n) is 3.82. The number of halogens is 1. The number of methoxy groups -OCH3 is 1. The Morgan fingerprint density at radius 1 is 1.24 bits per heavy atom. The maximum Gasteiger partial charge on any atom is 0.143 e. The zero-order valence-electron chi connectivity index (χ0n) is 11.7. The number of hydrogen-bond donors (Lipinski definition) is 1. The quantitative estimate of drug-likeness (QED) is 0.937. The van der Waals surface area contributed by atoms with E-state index in [1.165, 1.54) is 11.1 Å². The molecule has 2 aromatic rings. The lowest BCUT2D eigenvalue weighted by atomic mass is 10.1. The van der Waals surface area contributed by atoms with Crippen molar-refractivity contribution in [1.29, 1.82) is 5.26 Å². The second kappa shape index (κ2) is 5.67. The Morgan fingerprint density at radius 2 is 2.05 bits per heavy atom. The molecule has 0 saturated heterocycles. The van der Waals surface area contributed by atoms with Crippen molar-refractivity contribution in [3.05, 3.63) is 58.1 Å². The number of ether oxygens (including phenoxy) is 1. The monoisotopic (exact) mass is 298 g/mol. The highest BCUT2D eigenvalue weighted by molar-refractivity contribution is 6.30. The van der Waals surface area contributed by atoms with Gasteiger partial charge < -0.3 is 10.1 Å². The average Bonchev–Trinajstić information content (AvgIpc) is 2.88. The average molecular weight is 299 g/mol. The van der Waals surface area contributed by atoms with E-state index in [4.69, 9.17) is 16.3 Å². The van der Waals surface area contributed by atoms with Gasteiger partial charge in [0, 0.05) is 11.1 Å². The normalized spacial score (nSPS) is 16.1. The van der Waals surface area contributed by atoms with E-state index < -0.39 is 0 Å². The van der Waals surface area contributed by atoms with Crippen LogP contribution >= 0.6 is 11.6 Å². The molecule has 0 heterocycles. The molecule has 0 aromatic heterocycles. The van der Waals surface area contributed by atoms with Crippen molar-refractivity contribution in [2.24, 2.45) is 0 Å². The molecule has 0 fully saturated rings. The second-order valence-electron chi connectivity index (χ2n) is 5.16. The first-order chi connectivity index (χ1) is 10.2. The SMILES string of the molecule is COc1cccc(C#N)c1NC1Cc2ccc(Cl)cc2C1. The topological polar surface area (TPSA) is 45.0 Å². The van der Waals surface area contributed by atoms with Crippen LogP contribution in [0.15, 0.2) is 36.4 Å². The molecule has 3 rings (SSSR count). The van der Waals surface area contributed by atoms with Crippen LogP contribution in [0.5, 0.6) is 5.75 Å². The van der Waals surface area contributed by atoms with Gasteiger partial charge in [-0.2, -0.15) is 5.26 Å². The zero-order valence-corrected chi connectivity index (χ0v) is 12.4. The van der Waals surface area contributed by atoms with E-state index in [2.05, 4.69) is 17.5 Å². The van der Waals surface area contributed by atoms with E-state index in [1.807, 2.05) is 24.3 Å². The number of benzene rings is 2. The van der Waals surface area contributed by atoms with Crippen LogP contribution in [0, 0.1) is 11.3 Å². The molecule has 0 spiro atoms. The molecule has 21 heavy (non-hydrogen) atoms. The Hall–Kier alpha value is -2.18. The van der Waals surface area contributed by atoms with Gasteiger partial charge >= 0.3 is 0 Å². The van der Waals surface area contributed by atoms with Gasteiger partial charge in [-0.3, -0.25) is 0 Å². The van der Waals surface area contributed by atoms with Crippen molar-refractivity contribution in [2.45, 2.75) is 18.9 Å². The molecule has 0 aliphatic heterocycles. The molecule has 1 aliphatic rings. The first-order valence-electron chi connectivity index (χ1n) is 6.82. The summed E-state index contributed by atoms with van der Waals surface area (Å²) in [6.45, 7) is 0. The third-order valence-corrected chi connectivity index (χ3v) is 4.05. The van der Waals surface area contributed by atoms with Crippen LogP contribution < -0.4 is 10.1 Å². The predicted molar refractivity (Wildman–Crippen MR) is 84.0 cm³/mol. The summed E-state index contributed by atoms with van der Waals surface area (Å²) in [4.78, 5) is 0. The largest absolute Gasteiger partial charge is 0.495 e. The minimum absolute atomic E-state index is 0.252. The molecule has 106 valence electrons. The molecular formula is C17H15ClN2O. The van der Waals surface area contributed by atoms with E-state index in [0.29, 0.717) is 11.3 Å². The Labute approximate surface area is 129 Å². The Balaban J connectivity index is 1.85. The van der Waals surface area contributed by atoms with Gasteiger partial charge in [0.25, 0.3) is 0 Å². The summed E-state index contributed by atoms with van der Waals surface area (Å²) in [5.74, 6) is 0.697. The number of para-hydroxylation sites is 1. The summed E-state index contributed by atoms with van der Waals surface area (Å²) in [7, 11) is 1.62. The predicted octanol–water partition coefficient (Wildman–Crippen LogP) is 3.80. The summed E-state index contributed by atoms with van der Waals surface area (Å²) < 4.78 is 5.36. The maximum atomic E-state index is 9.26. The third kappa shape index (κ3) is 2.68. The van der Waals surface area contributed by atoms with Crippen molar-refractivity contribution in [3.8, 4) is 11.8 Å². The first kappa shape index (κ1) is 13.8. The number of anilines is 1. The van der Waals surface area contributed by atoms with Gasteiger partial charge in [0.1, 0.15) is 11.8 Å².